The van der Waals surface area contributed by atoms with Crippen molar-refractivity contribution < 1.29 is 18.7 Å². The fourth-order valence-corrected chi connectivity index (χ4v) is 2.97. The minimum Gasteiger partial charge on any atom is -0.477 e. The number of nitrogens with zero attached hydrogens (tertiary/aromatic N) is 2. The lowest BCUT2D eigenvalue weighted by molar-refractivity contribution is -0.100. The van der Waals surface area contributed by atoms with Gasteiger partial charge >= 0.3 is 5.97 Å². The van der Waals surface area contributed by atoms with Crippen LogP contribution >= 0.6 is 0 Å². The molecule has 3 rings (SSSR count). The third-order valence-corrected chi connectivity index (χ3v) is 4.54. The van der Waals surface area contributed by atoms with E-state index in [4.69, 9.17) is 0 Å². The lowest BCUT2D eigenvalue weighted by Gasteiger charge is -2.36. The number of carboxylic acid groups (broad SMARTS) is 1. The highest BCUT2D eigenvalue weighted by Crippen LogP contribution is 2.39. The highest BCUT2D eigenvalue weighted by Gasteiger charge is 2.41. The largest absolute Gasteiger partial charge is 0.477 e. The van der Waals surface area contributed by atoms with Gasteiger partial charge in [-0.2, -0.15) is 0 Å². The number of piperidine rings is 1. The molecule has 0 bridgehead atoms. The van der Waals surface area contributed by atoms with Gasteiger partial charge in [-0.15, -0.1) is 0 Å². The summed E-state index contributed by atoms with van der Waals surface area (Å²) in [6.07, 6.45) is 1.95. The van der Waals surface area contributed by atoms with Crippen LogP contribution < -0.4 is 0 Å². The van der Waals surface area contributed by atoms with Gasteiger partial charge in [0, 0.05) is 43.6 Å². The first-order valence-corrected chi connectivity index (χ1v) is 7.69. The highest BCUT2D eigenvalue weighted by molar-refractivity contribution is 5.85. The molecule has 0 unspecified atom stereocenters. The molecule has 0 amide bonds. The molecule has 22 heavy (non-hydrogen) atoms. The summed E-state index contributed by atoms with van der Waals surface area (Å²) in [5, 5.41) is 9.18. The summed E-state index contributed by atoms with van der Waals surface area (Å²) in [5.74, 6) is -3.95. The molecular formula is C16H20F2N2O2. The Morgan fingerprint density at radius 3 is 2.77 bits per heavy atom. The smallest absolute Gasteiger partial charge is 0.354 e. The van der Waals surface area contributed by atoms with Crippen LogP contribution in [0.4, 0.5) is 8.78 Å². The first-order valence-electron chi connectivity index (χ1n) is 7.69. The third-order valence-electron chi connectivity index (χ3n) is 4.54. The van der Waals surface area contributed by atoms with E-state index in [9.17, 15) is 18.7 Å². The van der Waals surface area contributed by atoms with Crippen LogP contribution in [0.5, 0.6) is 0 Å². The van der Waals surface area contributed by atoms with Crippen LogP contribution in [0.1, 0.15) is 53.8 Å². The van der Waals surface area contributed by atoms with Crippen molar-refractivity contribution in [2.75, 3.05) is 13.1 Å². The quantitative estimate of drug-likeness (QED) is 0.928. The number of aromatic carboxylic acids is 1. The average Bonchev–Trinajstić information content (AvgIpc) is 3.27. The monoisotopic (exact) mass is 310 g/mol. The van der Waals surface area contributed by atoms with Gasteiger partial charge in [0.1, 0.15) is 5.69 Å². The minimum absolute atomic E-state index is 0.0507. The SMILES string of the molecule is C[C@H]1CN(Cc2cc(C(=O)O)nc(C3CC3)c2)CCC1(F)F. The molecule has 1 atom stereocenters. The summed E-state index contributed by atoms with van der Waals surface area (Å²) in [6, 6.07) is 3.49. The molecule has 1 saturated carbocycles. The predicted molar refractivity (Wildman–Crippen MR) is 77.2 cm³/mol. The van der Waals surface area contributed by atoms with Gasteiger partial charge in [0.25, 0.3) is 5.92 Å². The van der Waals surface area contributed by atoms with Crippen LogP contribution in [0, 0.1) is 5.92 Å². The van der Waals surface area contributed by atoms with Gasteiger partial charge in [0.15, 0.2) is 0 Å². The van der Waals surface area contributed by atoms with E-state index >= 15 is 0 Å². The van der Waals surface area contributed by atoms with Crippen LogP contribution in [-0.2, 0) is 6.54 Å². The average molecular weight is 310 g/mol. The Morgan fingerprint density at radius 1 is 1.45 bits per heavy atom. The van der Waals surface area contributed by atoms with E-state index in [1.54, 1.807) is 13.0 Å². The number of pyridine rings is 1. The van der Waals surface area contributed by atoms with Crippen molar-refractivity contribution in [2.24, 2.45) is 5.92 Å². The summed E-state index contributed by atoms with van der Waals surface area (Å²) in [5.41, 5.74) is 1.73. The predicted octanol–water partition coefficient (Wildman–Crippen LogP) is 3.13. The molecule has 0 spiro atoms. The van der Waals surface area contributed by atoms with Gasteiger partial charge in [-0.1, -0.05) is 6.92 Å². The lowest BCUT2D eigenvalue weighted by Crippen LogP contribution is -2.45. The van der Waals surface area contributed by atoms with Gasteiger partial charge in [-0.25, -0.2) is 18.6 Å². The number of rotatable bonds is 4. The highest BCUT2D eigenvalue weighted by atomic mass is 19.3. The summed E-state index contributed by atoms with van der Waals surface area (Å²) in [4.78, 5) is 17.4. The van der Waals surface area contributed by atoms with E-state index in [2.05, 4.69) is 4.98 Å². The lowest BCUT2D eigenvalue weighted by atomic mass is 9.95. The molecule has 1 aromatic rings. The van der Waals surface area contributed by atoms with Crippen molar-refractivity contribution in [3.05, 3.63) is 29.1 Å². The van der Waals surface area contributed by atoms with Crippen LogP contribution in [0.25, 0.3) is 0 Å². The zero-order valence-electron chi connectivity index (χ0n) is 12.6. The van der Waals surface area contributed by atoms with Crippen molar-refractivity contribution in [3.8, 4) is 0 Å². The Bertz CT molecular complexity index is 588. The molecule has 2 aliphatic rings. The molecule has 2 heterocycles. The van der Waals surface area contributed by atoms with E-state index in [0.717, 1.165) is 24.1 Å². The van der Waals surface area contributed by atoms with E-state index in [-0.39, 0.29) is 12.1 Å². The molecule has 1 aliphatic heterocycles. The standard InChI is InChI=1S/C16H20F2N2O2/c1-10-8-20(5-4-16(10,17)18)9-11-6-13(12-2-3-12)19-14(7-11)15(21)22/h6-7,10,12H,2-5,8-9H2,1H3,(H,21,22)/t10-/m0/s1. The molecule has 1 aromatic heterocycles. The number of hydrogen-bond donors (Lipinski definition) is 1. The van der Waals surface area contributed by atoms with Gasteiger partial charge in [0.2, 0.25) is 0 Å². The molecule has 1 aliphatic carbocycles. The van der Waals surface area contributed by atoms with Crippen LogP contribution in [-0.4, -0.2) is 40.0 Å². The molecule has 2 fully saturated rings. The summed E-state index contributed by atoms with van der Waals surface area (Å²) in [7, 11) is 0. The molecule has 6 heteroatoms. The number of carbonyl (C=O) groups is 1. The second-order valence-electron chi connectivity index (χ2n) is 6.51. The van der Waals surface area contributed by atoms with E-state index in [1.807, 2.05) is 11.0 Å². The number of hydrogen-bond acceptors (Lipinski definition) is 3. The summed E-state index contributed by atoms with van der Waals surface area (Å²) < 4.78 is 27.1. The van der Waals surface area contributed by atoms with Gasteiger partial charge in [-0.05, 0) is 30.5 Å². The molecule has 120 valence electrons. The van der Waals surface area contributed by atoms with Gasteiger partial charge < -0.3 is 5.11 Å². The molecule has 1 saturated heterocycles. The summed E-state index contributed by atoms with van der Waals surface area (Å²) in [6.45, 7) is 2.73. The number of alkyl halides is 2. The van der Waals surface area contributed by atoms with E-state index in [1.165, 1.54) is 0 Å². The second kappa shape index (κ2) is 5.57. The van der Waals surface area contributed by atoms with Crippen LogP contribution in [0.3, 0.4) is 0 Å². The van der Waals surface area contributed by atoms with Crippen LogP contribution in [0.15, 0.2) is 12.1 Å². The molecule has 1 N–H and O–H groups in total. The van der Waals surface area contributed by atoms with Gasteiger partial charge in [-0.3, -0.25) is 4.90 Å². The Kier molecular flexibility index (Phi) is 3.89. The first kappa shape index (κ1) is 15.3. The van der Waals surface area contributed by atoms with Crippen molar-refractivity contribution in [3.63, 3.8) is 0 Å². The Labute approximate surface area is 128 Å². The van der Waals surface area contributed by atoms with Crippen LogP contribution in [0.2, 0.25) is 0 Å². The van der Waals surface area contributed by atoms with Gasteiger partial charge in [0.05, 0.1) is 0 Å². The summed E-state index contributed by atoms with van der Waals surface area (Å²) >= 11 is 0. The number of likely N-dealkylation sites (tertiary alicyclic amines) is 1. The Hall–Kier alpha value is -1.56. The fraction of sp³-hybridized carbons (Fsp3) is 0.625. The Balaban J connectivity index is 1.76. The van der Waals surface area contributed by atoms with Crippen molar-refractivity contribution in [2.45, 2.75) is 44.6 Å². The Morgan fingerprint density at radius 2 is 2.18 bits per heavy atom. The topological polar surface area (TPSA) is 53.4 Å². The maximum absolute atomic E-state index is 13.5. The molecule has 0 aromatic carbocycles. The first-order chi connectivity index (χ1) is 10.3. The van der Waals surface area contributed by atoms with Crippen molar-refractivity contribution in [1.82, 2.24) is 9.88 Å². The number of carboxylic acids is 1. The zero-order valence-corrected chi connectivity index (χ0v) is 12.6. The minimum atomic E-state index is -2.60. The van der Waals surface area contributed by atoms with Crippen molar-refractivity contribution >= 4 is 5.97 Å². The van der Waals surface area contributed by atoms with E-state index < -0.39 is 17.8 Å². The maximum Gasteiger partial charge on any atom is 0.354 e. The zero-order chi connectivity index (χ0) is 15.9. The second-order valence-corrected chi connectivity index (χ2v) is 6.51. The maximum atomic E-state index is 13.5. The molecular weight excluding hydrogens is 290 g/mol. The fourth-order valence-electron chi connectivity index (χ4n) is 2.97. The number of aromatic nitrogens is 1. The number of halogens is 2. The van der Waals surface area contributed by atoms with E-state index in [0.29, 0.717) is 25.6 Å². The molecule has 0 radical (unpaired) electrons. The third kappa shape index (κ3) is 3.27. The van der Waals surface area contributed by atoms with Crippen molar-refractivity contribution in [1.29, 1.82) is 0 Å². The normalized spacial score (nSPS) is 25.1. The molecule has 4 nitrogen and oxygen atoms in total.